The van der Waals surface area contributed by atoms with Gasteiger partial charge in [-0.1, -0.05) is 25.3 Å². The van der Waals surface area contributed by atoms with Gasteiger partial charge >= 0.3 is 0 Å². The van der Waals surface area contributed by atoms with Crippen molar-refractivity contribution in [3.8, 4) is 0 Å². The molecule has 1 aromatic carbocycles. The largest absolute Gasteiger partial charge is 0.238 e. The maximum absolute atomic E-state index is 11.8. The van der Waals surface area contributed by atoms with Crippen LogP contribution in [0.5, 0.6) is 0 Å². The molecule has 1 aliphatic rings. The highest BCUT2D eigenvalue weighted by Gasteiger charge is 2.24. The van der Waals surface area contributed by atoms with Crippen molar-refractivity contribution in [3.63, 3.8) is 0 Å². The third-order valence-electron chi connectivity index (χ3n) is 4.26. The summed E-state index contributed by atoms with van der Waals surface area (Å²) in [4.78, 5) is 0.332. The molecule has 1 saturated carbocycles. The molecule has 1 fully saturated rings. The van der Waals surface area contributed by atoms with Crippen LogP contribution in [0.25, 0.3) is 0 Å². The van der Waals surface area contributed by atoms with Crippen molar-refractivity contribution >= 4 is 10.0 Å². The summed E-state index contributed by atoms with van der Waals surface area (Å²) in [5.41, 5.74) is 4.05. The van der Waals surface area contributed by atoms with Crippen LogP contribution in [-0.4, -0.2) is 8.42 Å². The molecule has 2 rings (SSSR count). The molecule has 106 valence electrons. The van der Waals surface area contributed by atoms with Gasteiger partial charge in [-0.2, -0.15) is 0 Å². The Hall–Kier alpha value is -0.870. The van der Waals surface area contributed by atoms with Gasteiger partial charge in [0.1, 0.15) is 0 Å². The maximum Gasteiger partial charge on any atom is 0.238 e. The first-order valence-electron chi connectivity index (χ1n) is 6.96. The minimum atomic E-state index is -3.64. The Balaban J connectivity index is 2.61. The zero-order valence-electron chi connectivity index (χ0n) is 12.0. The Kier molecular flexibility index (Phi) is 4.02. The van der Waals surface area contributed by atoms with E-state index in [0.717, 1.165) is 24.0 Å². The summed E-state index contributed by atoms with van der Waals surface area (Å²) >= 11 is 0. The van der Waals surface area contributed by atoms with Crippen molar-refractivity contribution in [2.45, 2.75) is 63.7 Å². The van der Waals surface area contributed by atoms with E-state index in [9.17, 15) is 8.42 Å². The molecular weight excluding hydrogens is 258 g/mol. The second kappa shape index (κ2) is 5.25. The van der Waals surface area contributed by atoms with E-state index in [1.807, 2.05) is 19.9 Å². The molecule has 0 heterocycles. The normalized spacial score (nSPS) is 17.7. The van der Waals surface area contributed by atoms with Gasteiger partial charge in [-0.05, 0) is 61.8 Å². The topological polar surface area (TPSA) is 60.2 Å². The van der Waals surface area contributed by atoms with Crippen LogP contribution < -0.4 is 5.14 Å². The molecule has 0 saturated heterocycles. The summed E-state index contributed by atoms with van der Waals surface area (Å²) < 4.78 is 23.6. The second-order valence-corrected chi connectivity index (χ2v) is 7.26. The molecule has 0 amide bonds. The third-order valence-corrected chi connectivity index (χ3v) is 5.46. The first kappa shape index (κ1) is 14.5. The lowest BCUT2D eigenvalue weighted by Gasteiger charge is -2.27. The van der Waals surface area contributed by atoms with Crippen molar-refractivity contribution in [2.24, 2.45) is 5.14 Å². The zero-order chi connectivity index (χ0) is 14.2. The van der Waals surface area contributed by atoms with E-state index in [4.69, 9.17) is 5.14 Å². The minimum absolute atomic E-state index is 0.332. The lowest BCUT2D eigenvalue weighted by Crippen LogP contribution is -2.18. The van der Waals surface area contributed by atoms with E-state index in [1.54, 1.807) is 0 Å². The van der Waals surface area contributed by atoms with Crippen molar-refractivity contribution in [3.05, 3.63) is 28.3 Å². The van der Waals surface area contributed by atoms with Crippen LogP contribution in [0.4, 0.5) is 0 Å². The predicted octanol–water partition coefficient (Wildman–Crippen LogP) is 3.31. The standard InChI is InChI=1S/C15H23NO2S/c1-10-9-11(2)15(19(16,17)18)12(3)14(10)13-7-5-4-6-8-13/h9,13H,4-8H2,1-3H3,(H2,16,17,18). The van der Waals surface area contributed by atoms with Gasteiger partial charge in [0.05, 0.1) is 4.90 Å². The number of rotatable bonds is 2. The molecule has 0 bridgehead atoms. The van der Waals surface area contributed by atoms with Gasteiger partial charge in [-0.3, -0.25) is 0 Å². The summed E-state index contributed by atoms with van der Waals surface area (Å²) in [5.74, 6) is 0.495. The van der Waals surface area contributed by atoms with E-state index < -0.39 is 10.0 Å². The Morgan fingerprint density at radius 2 is 1.63 bits per heavy atom. The molecule has 0 radical (unpaired) electrons. The Bertz CT molecular complexity index is 585. The predicted molar refractivity (Wildman–Crippen MR) is 77.9 cm³/mol. The summed E-state index contributed by atoms with van der Waals surface area (Å²) in [6, 6.07) is 1.97. The number of aryl methyl sites for hydroxylation is 2. The second-order valence-electron chi connectivity index (χ2n) is 5.76. The highest BCUT2D eigenvalue weighted by Crippen LogP contribution is 2.38. The monoisotopic (exact) mass is 281 g/mol. The smallest absolute Gasteiger partial charge is 0.225 e. The van der Waals surface area contributed by atoms with Gasteiger partial charge in [-0.15, -0.1) is 0 Å². The fourth-order valence-electron chi connectivity index (χ4n) is 3.64. The minimum Gasteiger partial charge on any atom is -0.225 e. The summed E-state index contributed by atoms with van der Waals surface area (Å²) in [5, 5.41) is 5.38. The van der Waals surface area contributed by atoms with Crippen molar-refractivity contribution < 1.29 is 8.42 Å². The molecule has 0 aliphatic heterocycles. The quantitative estimate of drug-likeness (QED) is 0.904. The lowest BCUT2D eigenvalue weighted by molar-refractivity contribution is 0.440. The van der Waals surface area contributed by atoms with E-state index in [-0.39, 0.29) is 0 Å². The number of benzene rings is 1. The number of primary sulfonamides is 1. The highest BCUT2D eigenvalue weighted by atomic mass is 32.2. The van der Waals surface area contributed by atoms with Crippen LogP contribution >= 0.6 is 0 Å². The molecule has 4 heteroatoms. The number of hydrogen-bond acceptors (Lipinski definition) is 2. The molecule has 19 heavy (non-hydrogen) atoms. The van der Waals surface area contributed by atoms with E-state index in [0.29, 0.717) is 10.8 Å². The number of sulfonamides is 1. The van der Waals surface area contributed by atoms with Crippen molar-refractivity contribution in [2.75, 3.05) is 0 Å². The fraction of sp³-hybridized carbons (Fsp3) is 0.600. The Labute approximate surface area is 116 Å². The maximum atomic E-state index is 11.8. The van der Waals surface area contributed by atoms with Crippen molar-refractivity contribution in [1.29, 1.82) is 0 Å². The molecule has 0 aromatic heterocycles. The number of hydrogen-bond donors (Lipinski definition) is 1. The SMILES string of the molecule is Cc1cc(C)c(S(N)(=O)=O)c(C)c1C1CCCCC1. The average molecular weight is 281 g/mol. The van der Waals surface area contributed by atoms with Crippen LogP contribution in [0, 0.1) is 20.8 Å². The average Bonchev–Trinajstić information content (AvgIpc) is 2.27. The van der Waals surface area contributed by atoms with Crippen LogP contribution in [0.15, 0.2) is 11.0 Å². The lowest BCUT2D eigenvalue weighted by atomic mass is 9.80. The molecule has 2 N–H and O–H groups in total. The van der Waals surface area contributed by atoms with E-state index in [1.165, 1.54) is 30.4 Å². The molecule has 1 aromatic rings. The molecule has 1 aliphatic carbocycles. The first-order chi connectivity index (χ1) is 8.82. The van der Waals surface area contributed by atoms with Crippen LogP contribution in [0.2, 0.25) is 0 Å². The molecule has 0 atom stereocenters. The molecule has 0 spiro atoms. The Morgan fingerprint density at radius 3 is 2.16 bits per heavy atom. The van der Waals surface area contributed by atoms with Gasteiger partial charge < -0.3 is 0 Å². The summed E-state index contributed by atoms with van der Waals surface area (Å²) in [6.07, 6.45) is 6.09. The van der Waals surface area contributed by atoms with Gasteiger partial charge in [0.25, 0.3) is 0 Å². The fourth-order valence-corrected chi connectivity index (χ4v) is 4.68. The Morgan fingerprint density at radius 1 is 1.05 bits per heavy atom. The molecular formula is C15H23NO2S. The van der Waals surface area contributed by atoms with Gasteiger partial charge in [0.2, 0.25) is 10.0 Å². The third kappa shape index (κ3) is 2.84. The summed E-state index contributed by atoms with van der Waals surface area (Å²) in [7, 11) is -3.64. The van der Waals surface area contributed by atoms with E-state index in [2.05, 4.69) is 6.92 Å². The zero-order valence-corrected chi connectivity index (χ0v) is 12.8. The van der Waals surface area contributed by atoms with Crippen LogP contribution in [-0.2, 0) is 10.0 Å². The van der Waals surface area contributed by atoms with Gasteiger partial charge in [-0.25, -0.2) is 13.6 Å². The first-order valence-corrected chi connectivity index (χ1v) is 8.50. The highest BCUT2D eigenvalue weighted by molar-refractivity contribution is 7.89. The number of nitrogens with two attached hydrogens (primary N) is 1. The van der Waals surface area contributed by atoms with Gasteiger partial charge in [0, 0.05) is 0 Å². The molecule has 3 nitrogen and oxygen atoms in total. The van der Waals surface area contributed by atoms with Crippen molar-refractivity contribution in [1.82, 2.24) is 0 Å². The van der Waals surface area contributed by atoms with Gasteiger partial charge in [0.15, 0.2) is 0 Å². The van der Waals surface area contributed by atoms with Crippen LogP contribution in [0.3, 0.4) is 0 Å². The van der Waals surface area contributed by atoms with Crippen LogP contribution in [0.1, 0.15) is 60.3 Å². The molecule has 0 unspecified atom stereocenters. The summed E-state index contributed by atoms with van der Waals surface area (Å²) in [6.45, 7) is 5.81. The van der Waals surface area contributed by atoms with E-state index >= 15 is 0 Å².